The summed E-state index contributed by atoms with van der Waals surface area (Å²) in [5, 5.41) is 10.0. The summed E-state index contributed by atoms with van der Waals surface area (Å²) in [6.45, 7) is 1.79. The van der Waals surface area contributed by atoms with Crippen LogP contribution in [0.3, 0.4) is 0 Å². The number of nitrogens with zero attached hydrogens (tertiary/aromatic N) is 1. The SMILES string of the molecule is C/C(=C\C(=O)O)c1ccc2c(ccn2C(c2ccccc2)c2ccc(F)cc2)c1. The van der Waals surface area contributed by atoms with Gasteiger partial charge in [-0.3, -0.25) is 0 Å². The Morgan fingerprint density at radius 1 is 0.966 bits per heavy atom. The van der Waals surface area contributed by atoms with Crippen LogP contribution in [0.4, 0.5) is 4.39 Å². The molecule has 4 rings (SSSR count). The second-order valence-corrected chi connectivity index (χ2v) is 7.03. The van der Waals surface area contributed by atoms with E-state index in [1.807, 2.05) is 60.8 Å². The molecule has 1 atom stereocenters. The predicted molar refractivity (Wildman–Crippen MR) is 113 cm³/mol. The average molecular weight is 385 g/mol. The minimum atomic E-state index is -0.958. The maximum Gasteiger partial charge on any atom is 0.328 e. The second kappa shape index (κ2) is 7.76. The lowest BCUT2D eigenvalue weighted by atomic mass is 9.98. The first-order chi connectivity index (χ1) is 14.0. The Balaban J connectivity index is 1.85. The van der Waals surface area contributed by atoms with E-state index in [1.165, 1.54) is 18.2 Å². The molecule has 29 heavy (non-hydrogen) atoms. The van der Waals surface area contributed by atoms with Crippen LogP contribution in [0.15, 0.2) is 91.1 Å². The van der Waals surface area contributed by atoms with Gasteiger partial charge in [-0.25, -0.2) is 9.18 Å². The molecule has 0 saturated carbocycles. The molecule has 0 aliphatic heterocycles. The van der Waals surface area contributed by atoms with Crippen molar-refractivity contribution in [3.63, 3.8) is 0 Å². The van der Waals surface area contributed by atoms with Crippen LogP contribution in [-0.2, 0) is 4.79 Å². The topological polar surface area (TPSA) is 42.2 Å². The maximum absolute atomic E-state index is 13.5. The number of hydrogen-bond donors (Lipinski definition) is 1. The molecule has 3 aromatic carbocycles. The summed E-state index contributed by atoms with van der Waals surface area (Å²) in [6, 6.07) is 24.5. The number of fused-ring (bicyclic) bond motifs is 1. The van der Waals surface area contributed by atoms with Crippen LogP contribution in [0.1, 0.15) is 29.7 Å². The molecule has 1 unspecified atom stereocenters. The summed E-state index contributed by atoms with van der Waals surface area (Å²) in [6.07, 6.45) is 3.23. The normalized spacial score (nSPS) is 12.8. The van der Waals surface area contributed by atoms with Crippen LogP contribution in [-0.4, -0.2) is 15.6 Å². The minimum Gasteiger partial charge on any atom is -0.478 e. The minimum absolute atomic E-state index is 0.101. The summed E-state index contributed by atoms with van der Waals surface area (Å²) in [4.78, 5) is 11.0. The number of hydrogen-bond acceptors (Lipinski definition) is 1. The van der Waals surface area contributed by atoms with Crippen molar-refractivity contribution >= 4 is 22.4 Å². The van der Waals surface area contributed by atoms with E-state index in [-0.39, 0.29) is 11.9 Å². The molecule has 0 amide bonds. The van der Waals surface area contributed by atoms with Crippen LogP contribution in [0.5, 0.6) is 0 Å². The van der Waals surface area contributed by atoms with Crippen LogP contribution in [0.25, 0.3) is 16.5 Å². The Labute approximate surface area is 168 Å². The largest absolute Gasteiger partial charge is 0.478 e. The van der Waals surface area contributed by atoms with Crippen molar-refractivity contribution < 1.29 is 14.3 Å². The Bertz CT molecular complexity index is 1190. The first kappa shape index (κ1) is 18.7. The lowest BCUT2D eigenvalue weighted by Crippen LogP contribution is -2.11. The van der Waals surface area contributed by atoms with Gasteiger partial charge in [-0.15, -0.1) is 0 Å². The number of rotatable bonds is 5. The van der Waals surface area contributed by atoms with Crippen LogP contribution < -0.4 is 0 Å². The number of carbonyl (C=O) groups is 1. The molecule has 1 aromatic heterocycles. The third kappa shape index (κ3) is 3.83. The Morgan fingerprint density at radius 2 is 1.66 bits per heavy atom. The molecule has 4 aromatic rings. The van der Waals surface area contributed by atoms with E-state index in [2.05, 4.69) is 16.7 Å². The molecule has 0 aliphatic carbocycles. The van der Waals surface area contributed by atoms with Gasteiger partial charge in [0.25, 0.3) is 0 Å². The molecule has 0 radical (unpaired) electrons. The average Bonchev–Trinajstić information content (AvgIpc) is 3.13. The zero-order chi connectivity index (χ0) is 20.4. The highest BCUT2D eigenvalue weighted by atomic mass is 19.1. The molecule has 3 nitrogen and oxygen atoms in total. The highest BCUT2D eigenvalue weighted by Gasteiger charge is 2.18. The fraction of sp³-hybridized carbons (Fsp3) is 0.0800. The molecule has 144 valence electrons. The number of carboxylic acid groups (broad SMARTS) is 1. The lowest BCUT2D eigenvalue weighted by Gasteiger charge is -2.22. The van der Waals surface area contributed by atoms with Gasteiger partial charge < -0.3 is 9.67 Å². The predicted octanol–water partition coefficient (Wildman–Crippen LogP) is 5.91. The highest BCUT2D eigenvalue weighted by molar-refractivity contribution is 5.92. The quantitative estimate of drug-likeness (QED) is 0.434. The van der Waals surface area contributed by atoms with Crippen molar-refractivity contribution in [1.82, 2.24) is 4.57 Å². The van der Waals surface area contributed by atoms with E-state index in [0.717, 1.165) is 27.6 Å². The number of allylic oxidation sites excluding steroid dienone is 1. The number of benzene rings is 3. The summed E-state index contributed by atoms with van der Waals surface area (Å²) >= 11 is 0. The fourth-order valence-corrected chi connectivity index (χ4v) is 3.70. The van der Waals surface area contributed by atoms with Gasteiger partial charge in [0.15, 0.2) is 0 Å². The Kier molecular flexibility index (Phi) is 5.00. The maximum atomic E-state index is 13.5. The van der Waals surface area contributed by atoms with Gasteiger partial charge in [-0.05, 0) is 59.5 Å². The number of carboxylic acids is 1. The Morgan fingerprint density at radius 3 is 2.34 bits per heavy atom. The standard InChI is InChI=1S/C25H20FNO2/c1-17(15-24(28)29)20-9-12-23-21(16-20)13-14-27(23)25(18-5-3-2-4-6-18)19-7-10-22(26)11-8-19/h2-16,25H,1H3,(H,28,29)/b17-15+. The van der Waals surface area contributed by atoms with E-state index in [4.69, 9.17) is 5.11 Å². The third-order valence-electron chi connectivity index (χ3n) is 5.09. The van der Waals surface area contributed by atoms with E-state index in [1.54, 1.807) is 6.92 Å². The van der Waals surface area contributed by atoms with Gasteiger partial charge >= 0.3 is 5.97 Å². The smallest absolute Gasteiger partial charge is 0.328 e. The number of aromatic nitrogens is 1. The van der Waals surface area contributed by atoms with Gasteiger partial charge in [0, 0.05) is 23.2 Å². The van der Waals surface area contributed by atoms with E-state index >= 15 is 0 Å². The Hall–Kier alpha value is -3.66. The van der Waals surface area contributed by atoms with Crippen LogP contribution in [0, 0.1) is 5.82 Å². The van der Waals surface area contributed by atoms with Crippen molar-refractivity contribution in [2.75, 3.05) is 0 Å². The van der Waals surface area contributed by atoms with Gasteiger partial charge in [0.2, 0.25) is 0 Å². The summed E-state index contributed by atoms with van der Waals surface area (Å²) < 4.78 is 15.7. The molecule has 1 heterocycles. The monoisotopic (exact) mass is 385 g/mol. The van der Waals surface area contributed by atoms with Crippen molar-refractivity contribution in [3.8, 4) is 0 Å². The molecule has 4 heteroatoms. The zero-order valence-corrected chi connectivity index (χ0v) is 15.9. The highest BCUT2D eigenvalue weighted by Crippen LogP contribution is 2.32. The summed E-state index contributed by atoms with van der Waals surface area (Å²) in [5.41, 5.74) is 4.68. The van der Waals surface area contributed by atoms with E-state index < -0.39 is 5.97 Å². The third-order valence-corrected chi connectivity index (χ3v) is 5.09. The van der Waals surface area contributed by atoms with E-state index in [0.29, 0.717) is 5.57 Å². The summed E-state index contributed by atoms with van der Waals surface area (Å²) in [5.74, 6) is -1.22. The molecule has 0 saturated heterocycles. The zero-order valence-electron chi connectivity index (χ0n) is 15.9. The lowest BCUT2D eigenvalue weighted by molar-refractivity contribution is -0.131. The van der Waals surface area contributed by atoms with Gasteiger partial charge in [0.05, 0.1) is 6.04 Å². The van der Waals surface area contributed by atoms with Gasteiger partial charge in [-0.2, -0.15) is 0 Å². The summed E-state index contributed by atoms with van der Waals surface area (Å²) in [7, 11) is 0. The van der Waals surface area contributed by atoms with E-state index in [9.17, 15) is 9.18 Å². The molecular formula is C25H20FNO2. The van der Waals surface area contributed by atoms with Crippen molar-refractivity contribution in [2.45, 2.75) is 13.0 Å². The first-order valence-corrected chi connectivity index (χ1v) is 9.35. The van der Waals surface area contributed by atoms with Gasteiger partial charge in [0.1, 0.15) is 5.82 Å². The first-order valence-electron chi connectivity index (χ1n) is 9.35. The fourth-order valence-electron chi connectivity index (χ4n) is 3.70. The molecule has 1 N–H and O–H groups in total. The van der Waals surface area contributed by atoms with Crippen LogP contribution >= 0.6 is 0 Å². The van der Waals surface area contributed by atoms with Crippen molar-refractivity contribution in [3.05, 3.63) is 114 Å². The van der Waals surface area contributed by atoms with Gasteiger partial charge in [-0.1, -0.05) is 48.5 Å². The second-order valence-electron chi connectivity index (χ2n) is 7.03. The van der Waals surface area contributed by atoms with Crippen molar-refractivity contribution in [2.24, 2.45) is 0 Å². The van der Waals surface area contributed by atoms with Crippen LogP contribution in [0.2, 0.25) is 0 Å². The van der Waals surface area contributed by atoms with Crippen molar-refractivity contribution in [1.29, 1.82) is 0 Å². The molecular weight excluding hydrogens is 365 g/mol. The molecule has 0 aliphatic rings. The molecule has 0 spiro atoms. The molecule has 0 fully saturated rings. The number of halogens is 1. The number of aliphatic carboxylic acids is 1. The molecule has 0 bridgehead atoms.